The Bertz CT molecular complexity index is 1480. The number of carbonyl (C=O) groups is 1. The van der Waals surface area contributed by atoms with Gasteiger partial charge in [0.15, 0.2) is 4.96 Å². The lowest BCUT2D eigenvalue weighted by Gasteiger charge is -2.20. The van der Waals surface area contributed by atoms with Crippen LogP contribution in [0.1, 0.15) is 16.1 Å². The summed E-state index contributed by atoms with van der Waals surface area (Å²) in [5, 5.41) is 1.73. The number of sulfonamides is 1. The van der Waals surface area contributed by atoms with E-state index in [9.17, 15) is 18.0 Å². The van der Waals surface area contributed by atoms with Crippen LogP contribution in [0.5, 0.6) is 5.75 Å². The molecule has 0 N–H and O–H groups in total. The van der Waals surface area contributed by atoms with Crippen LogP contribution in [0.4, 0.5) is 5.69 Å². The molecule has 2 aromatic heterocycles. The number of anilines is 1. The zero-order valence-corrected chi connectivity index (χ0v) is 19.3. The predicted molar refractivity (Wildman–Crippen MR) is 123 cm³/mol. The topological polar surface area (TPSA) is 107 Å². The van der Waals surface area contributed by atoms with Gasteiger partial charge in [0.25, 0.3) is 15.6 Å². The lowest BCUT2D eigenvalue weighted by Crippen LogP contribution is -2.26. The van der Waals surface area contributed by atoms with E-state index in [4.69, 9.17) is 9.47 Å². The maximum Gasteiger partial charge on any atom is 0.338 e. The minimum absolute atomic E-state index is 0.0631. The van der Waals surface area contributed by atoms with E-state index in [1.807, 2.05) is 0 Å². The highest BCUT2D eigenvalue weighted by Gasteiger charge is 2.23. The van der Waals surface area contributed by atoms with E-state index < -0.39 is 16.0 Å². The number of thiazole rings is 1. The van der Waals surface area contributed by atoms with Crippen molar-refractivity contribution in [2.24, 2.45) is 0 Å². The third kappa shape index (κ3) is 4.59. The standard InChI is InChI=1S/C22H19N3O6S2/c1-24(17-6-8-18(30-2)9-7-17)33(28,29)19-5-3-4-15(12-19)21(27)31-14-16-13-20(26)25-10-11-32-22(25)23-16/h3-13H,14H2,1-2H3. The molecule has 4 rings (SSSR count). The summed E-state index contributed by atoms with van der Waals surface area (Å²) in [5.74, 6) is -0.128. The SMILES string of the molecule is COc1ccc(N(C)S(=O)(=O)c2cccc(C(=O)OCc3cc(=O)n4ccsc4n3)c2)cc1. The van der Waals surface area contributed by atoms with E-state index in [-0.39, 0.29) is 22.6 Å². The van der Waals surface area contributed by atoms with Crippen LogP contribution in [0.25, 0.3) is 4.96 Å². The summed E-state index contributed by atoms with van der Waals surface area (Å²) in [4.78, 5) is 29.3. The molecule has 170 valence electrons. The molecule has 0 unspecified atom stereocenters. The summed E-state index contributed by atoms with van der Waals surface area (Å²) in [6.45, 7) is -0.217. The highest BCUT2D eigenvalue weighted by atomic mass is 32.2. The number of benzene rings is 2. The quantitative estimate of drug-likeness (QED) is 0.371. The first-order valence-electron chi connectivity index (χ1n) is 9.65. The zero-order chi connectivity index (χ0) is 23.6. The van der Waals surface area contributed by atoms with Gasteiger partial charge in [-0.15, -0.1) is 11.3 Å². The molecular weight excluding hydrogens is 466 g/mol. The Morgan fingerprint density at radius 2 is 1.91 bits per heavy atom. The summed E-state index contributed by atoms with van der Waals surface area (Å²) < 4.78 is 39.0. The summed E-state index contributed by atoms with van der Waals surface area (Å²) in [6.07, 6.45) is 1.61. The first-order valence-corrected chi connectivity index (χ1v) is 12.0. The molecule has 33 heavy (non-hydrogen) atoms. The molecular formula is C22H19N3O6S2. The number of ether oxygens (including phenoxy) is 2. The van der Waals surface area contributed by atoms with E-state index >= 15 is 0 Å². The Balaban J connectivity index is 1.52. The molecule has 11 heteroatoms. The maximum absolute atomic E-state index is 13.1. The molecule has 9 nitrogen and oxygen atoms in total. The van der Waals surface area contributed by atoms with Gasteiger partial charge in [-0.1, -0.05) is 6.07 Å². The number of rotatable bonds is 7. The van der Waals surface area contributed by atoms with Crippen molar-refractivity contribution < 1.29 is 22.7 Å². The van der Waals surface area contributed by atoms with Crippen LogP contribution < -0.4 is 14.6 Å². The van der Waals surface area contributed by atoms with Crippen LogP contribution in [0.2, 0.25) is 0 Å². The molecule has 0 fully saturated rings. The summed E-state index contributed by atoms with van der Waals surface area (Å²) in [5.41, 5.74) is 0.527. The van der Waals surface area contributed by atoms with Crippen molar-refractivity contribution in [3.63, 3.8) is 0 Å². The Labute approximate surface area is 193 Å². The Morgan fingerprint density at radius 3 is 2.64 bits per heavy atom. The van der Waals surface area contributed by atoms with Crippen molar-refractivity contribution in [3.8, 4) is 5.75 Å². The van der Waals surface area contributed by atoms with Crippen molar-refractivity contribution in [3.05, 3.63) is 87.8 Å². The van der Waals surface area contributed by atoms with Crippen LogP contribution in [-0.2, 0) is 21.4 Å². The third-order valence-electron chi connectivity index (χ3n) is 4.87. The largest absolute Gasteiger partial charge is 0.497 e. The average molecular weight is 486 g/mol. The lowest BCUT2D eigenvalue weighted by atomic mass is 10.2. The fourth-order valence-corrected chi connectivity index (χ4v) is 5.04. The van der Waals surface area contributed by atoms with Crippen molar-refractivity contribution in [2.75, 3.05) is 18.5 Å². The van der Waals surface area contributed by atoms with E-state index in [0.717, 1.165) is 4.31 Å². The smallest absolute Gasteiger partial charge is 0.338 e. The van der Waals surface area contributed by atoms with Gasteiger partial charge in [-0.2, -0.15) is 0 Å². The highest BCUT2D eigenvalue weighted by molar-refractivity contribution is 7.92. The molecule has 0 aliphatic heterocycles. The number of methoxy groups -OCH3 is 1. The second-order valence-electron chi connectivity index (χ2n) is 6.92. The van der Waals surface area contributed by atoms with Crippen LogP contribution in [0.3, 0.4) is 0 Å². The second kappa shape index (κ2) is 9.04. The van der Waals surface area contributed by atoms with Gasteiger partial charge in [0, 0.05) is 24.7 Å². The molecule has 0 aliphatic rings. The van der Waals surface area contributed by atoms with E-state index in [2.05, 4.69) is 4.98 Å². The highest BCUT2D eigenvalue weighted by Crippen LogP contribution is 2.25. The first-order chi connectivity index (χ1) is 15.8. The van der Waals surface area contributed by atoms with Crippen LogP contribution >= 0.6 is 11.3 Å². The van der Waals surface area contributed by atoms with Gasteiger partial charge in [-0.05, 0) is 42.5 Å². The summed E-state index contributed by atoms with van der Waals surface area (Å²) in [6, 6.07) is 13.4. The van der Waals surface area contributed by atoms with Gasteiger partial charge in [0.2, 0.25) is 0 Å². The Morgan fingerprint density at radius 1 is 1.15 bits per heavy atom. The van der Waals surface area contributed by atoms with Gasteiger partial charge in [0.1, 0.15) is 12.4 Å². The van der Waals surface area contributed by atoms with Gasteiger partial charge < -0.3 is 9.47 Å². The summed E-state index contributed by atoms with van der Waals surface area (Å²) >= 11 is 1.29. The van der Waals surface area contributed by atoms with Crippen LogP contribution in [-0.4, -0.2) is 37.9 Å². The zero-order valence-electron chi connectivity index (χ0n) is 17.7. The Kier molecular flexibility index (Phi) is 6.16. The number of esters is 1. The molecule has 0 saturated carbocycles. The van der Waals surface area contributed by atoms with Crippen molar-refractivity contribution in [2.45, 2.75) is 11.5 Å². The lowest BCUT2D eigenvalue weighted by molar-refractivity contribution is 0.0467. The van der Waals surface area contributed by atoms with E-state index in [0.29, 0.717) is 22.1 Å². The molecule has 0 spiro atoms. The summed E-state index contributed by atoms with van der Waals surface area (Å²) in [7, 11) is -0.982. The Hall–Kier alpha value is -3.70. The van der Waals surface area contributed by atoms with Crippen molar-refractivity contribution >= 4 is 38.0 Å². The van der Waals surface area contributed by atoms with E-state index in [1.165, 1.54) is 60.2 Å². The van der Waals surface area contributed by atoms with Crippen LogP contribution in [0, 0.1) is 0 Å². The minimum Gasteiger partial charge on any atom is -0.497 e. The van der Waals surface area contributed by atoms with Gasteiger partial charge in [0.05, 0.1) is 29.0 Å². The monoisotopic (exact) mass is 485 g/mol. The first kappa shape index (κ1) is 22.5. The molecule has 0 aliphatic carbocycles. The third-order valence-corrected chi connectivity index (χ3v) is 7.41. The number of carbonyl (C=O) groups excluding carboxylic acids is 1. The normalized spacial score (nSPS) is 11.3. The maximum atomic E-state index is 13.1. The molecule has 0 atom stereocenters. The fourth-order valence-electron chi connectivity index (χ4n) is 3.06. The number of fused-ring (bicyclic) bond motifs is 1. The molecule has 4 aromatic rings. The van der Waals surface area contributed by atoms with E-state index in [1.54, 1.807) is 35.8 Å². The second-order valence-corrected chi connectivity index (χ2v) is 9.76. The fraction of sp³-hybridized carbons (Fsp3) is 0.136. The van der Waals surface area contributed by atoms with Gasteiger partial charge in [-0.3, -0.25) is 13.5 Å². The van der Waals surface area contributed by atoms with Crippen LogP contribution in [0.15, 0.2) is 75.9 Å². The minimum atomic E-state index is -3.93. The predicted octanol–water partition coefficient (Wildman–Crippen LogP) is 2.95. The molecule has 0 amide bonds. The van der Waals surface area contributed by atoms with Crippen molar-refractivity contribution in [1.29, 1.82) is 0 Å². The van der Waals surface area contributed by atoms with Gasteiger partial charge in [-0.25, -0.2) is 18.2 Å². The molecule has 0 bridgehead atoms. The molecule has 2 heterocycles. The molecule has 0 saturated heterocycles. The van der Waals surface area contributed by atoms with Gasteiger partial charge >= 0.3 is 5.97 Å². The molecule has 0 radical (unpaired) electrons. The average Bonchev–Trinajstić information content (AvgIpc) is 3.31. The van der Waals surface area contributed by atoms with Crippen molar-refractivity contribution in [1.82, 2.24) is 9.38 Å². The number of aromatic nitrogens is 2. The number of nitrogens with zero attached hydrogens (tertiary/aromatic N) is 3. The number of hydrogen-bond acceptors (Lipinski definition) is 8. The molecule has 2 aromatic carbocycles. The number of hydrogen-bond donors (Lipinski definition) is 0.